The lowest BCUT2D eigenvalue weighted by molar-refractivity contribution is -0.150. The number of hydrogen-bond acceptors (Lipinski definition) is 13. The van der Waals surface area contributed by atoms with Gasteiger partial charge < -0.3 is 34.0 Å². The topological polar surface area (TPSA) is 228 Å². The molecule has 1 heterocycles. The van der Waals surface area contributed by atoms with Crippen LogP contribution in [0.3, 0.4) is 0 Å². The van der Waals surface area contributed by atoms with Gasteiger partial charge in [-0.2, -0.15) is 0 Å². The number of aliphatic carboxylic acids is 1. The molecule has 5 rings (SSSR count). The van der Waals surface area contributed by atoms with E-state index in [-0.39, 0.29) is 121 Å². The SMILES string of the molecule is CC[C@H](C)[C@@H]([C@@H](CC(=O)N1CCC[C@H]1[C@H](OC)[C@@H](C)C(=O)C[C@@H](Cc1ccccc1)C(=O)O)OC)N(C)C(=O)[C@@H](CC(=O)[C@H](C(C)C)N(C)C(=O)CCOCCCC(=O)c1ccc(C(=O)C(CCc2ccc(C)cc2)CS(=O)(=O)c2ccc(C)cc2)cc1)C(C)C. The summed E-state index contributed by atoms with van der Waals surface area (Å²) in [5, 5.41) is 10.1. The van der Waals surface area contributed by atoms with Gasteiger partial charge in [-0.25, -0.2) is 8.42 Å². The third-order valence-corrected chi connectivity index (χ3v) is 20.3. The molecule has 0 radical (unpaired) electrons. The van der Waals surface area contributed by atoms with Crippen molar-refractivity contribution >= 4 is 56.7 Å². The number of likely N-dealkylation sites (tertiary alicyclic amines) is 1. The smallest absolute Gasteiger partial charge is 0.307 e. The normalized spacial score (nSPS) is 16.5. The quantitative estimate of drug-likeness (QED) is 0.0324. The number of hydrogen-bond donors (Lipinski definition) is 1. The summed E-state index contributed by atoms with van der Waals surface area (Å²) >= 11 is 0. The molecule has 1 saturated heterocycles. The molecule has 4 aromatic rings. The number of carboxylic acid groups (broad SMARTS) is 1. The molecule has 18 heteroatoms. The van der Waals surface area contributed by atoms with Gasteiger partial charge in [-0.05, 0) is 93.4 Å². The van der Waals surface area contributed by atoms with Crippen molar-refractivity contribution in [2.75, 3.05) is 53.8 Å². The van der Waals surface area contributed by atoms with E-state index in [0.717, 1.165) is 22.3 Å². The van der Waals surface area contributed by atoms with Crippen molar-refractivity contribution in [2.45, 2.75) is 175 Å². The molecule has 91 heavy (non-hydrogen) atoms. The summed E-state index contributed by atoms with van der Waals surface area (Å²) < 4.78 is 45.1. The summed E-state index contributed by atoms with van der Waals surface area (Å²) in [6.07, 6.45) is 1.60. The summed E-state index contributed by atoms with van der Waals surface area (Å²) in [5.41, 5.74) is 4.55. The Morgan fingerprint density at radius 2 is 1.30 bits per heavy atom. The van der Waals surface area contributed by atoms with Crippen LogP contribution in [0.1, 0.15) is 156 Å². The van der Waals surface area contributed by atoms with Crippen molar-refractivity contribution in [2.24, 2.45) is 41.4 Å². The Hall–Kier alpha value is -6.73. The Balaban J connectivity index is 1.14. The van der Waals surface area contributed by atoms with Crippen LogP contribution in [0.2, 0.25) is 0 Å². The fourth-order valence-corrected chi connectivity index (χ4v) is 14.4. The molecule has 1 fully saturated rings. The van der Waals surface area contributed by atoms with Crippen LogP contribution in [0.4, 0.5) is 0 Å². The molecule has 4 aromatic carbocycles. The van der Waals surface area contributed by atoms with Crippen molar-refractivity contribution in [3.05, 3.63) is 137 Å². The molecule has 17 nitrogen and oxygen atoms in total. The van der Waals surface area contributed by atoms with Crippen molar-refractivity contribution in [1.82, 2.24) is 14.7 Å². The van der Waals surface area contributed by atoms with Crippen LogP contribution in [-0.2, 0) is 65.7 Å². The number of carbonyl (C=O) groups is 8. The monoisotopic (exact) mass is 1280 g/mol. The molecule has 1 aliphatic rings. The Kier molecular flexibility index (Phi) is 29.6. The van der Waals surface area contributed by atoms with Gasteiger partial charge >= 0.3 is 5.97 Å². The van der Waals surface area contributed by atoms with Gasteiger partial charge in [0.15, 0.2) is 27.2 Å². The fourth-order valence-electron chi connectivity index (χ4n) is 12.8. The summed E-state index contributed by atoms with van der Waals surface area (Å²) in [6.45, 7) is 17.7. The molecular weight excluding hydrogens is 1170 g/mol. The number of likely N-dealkylation sites (N-methyl/N-ethyl adjacent to an activating group) is 2. The molecule has 10 atom stereocenters. The number of Topliss-reactive ketones (excluding diaryl/α,β-unsaturated/α-hetero) is 4. The first-order chi connectivity index (χ1) is 43.1. The summed E-state index contributed by atoms with van der Waals surface area (Å²) in [6, 6.07) is 28.2. The van der Waals surface area contributed by atoms with E-state index in [4.69, 9.17) is 14.2 Å². The highest BCUT2D eigenvalue weighted by molar-refractivity contribution is 7.91. The lowest BCUT2D eigenvalue weighted by atomic mass is 9.83. The van der Waals surface area contributed by atoms with Crippen LogP contribution < -0.4 is 0 Å². The molecule has 3 amide bonds. The summed E-state index contributed by atoms with van der Waals surface area (Å²) in [5.74, 6) is -7.15. The highest BCUT2D eigenvalue weighted by Crippen LogP contribution is 2.33. The first-order valence-electron chi connectivity index (χ1n) is 32.4. The van der Waals surface area contributed by atoms with Crippen LogP contribution in [0.5, 0.6) is 0 Å². The second kappa shape index (κ2) is 35.9. The summed E-state index contributed by atoms with van der Waals surface area (Å²) in [4.78, 5) is 116. The van der Waals surface area contributed by atoms with Crippen LogP contribution in [0.15, 0.2) is 108 Å². The summed E-state index contributed by atoms with van der Waals surface area (Å²) in [7, 11) is 2.50. The molecule has 498 valence electrons. The lowest BCUT2D eigenvalue weighted by Gasteiger charge is -2.41. The largest absolute Gasteiger partial charge is 0.481 e. The number of aryl methyl sites for hydroxylation is 3. The second-order valence-electron chi connectivity index (χ2n) is 25.8. The van der Waals surface area contributed by atoms with Gasteiger partial charge in [-0.1, -0.05) is 157 Å². The van der Waals surface area contributed by atoms with E-state index in [0.29, 0.717) is 56.2 Å². The predicted molar refractivity (Wildman–Crippen MR) is 352 cm³/mol. The van der Waals surface area contributed by atoms with E-state index in [1.807, 2.05) is 110 Å². The van der Waals surface area contributed by atoms with Crippen molar-refractivity contribution < 1.29 is 66.1 Å². The van der Waals surface area contributed by atoms with E-state index in [1.165, 1.54) is 19.1 Å². The predicted octanol–water partition coefficient (Wildman–Crippen LogP) is 11.1. The van der Waals surface area contributed by atoms with E-state index >= 15 is 0 Å². The standard InChI is InChI=1S/C73H101N3O14S/c1-14-51(8)69(65(88-12)45-67(81)76-39-18-22-61(76)71(89-13)52(9)63(78)43-58(73(84)85)42-54-20-16-15-17-21-54)75(11)72(83)60(47(2)3)44-64(79)68(48(4)5)74(10)66(80)38-41-90-40-19-23-62(77)55-32-34-56(35-33-55)70(82)57(31-30-53-28-24-49(6)25-29-53)46-91(86,87)59-36-26-50(7)27-37-59/h15-17,20-21,24-29,32-37,47-48,51-52,57-58,60-61,65,68-69,71H,14,18-19,22-23,30-31,38-46H2,1-13H3,(H,84,85)/t51-,52-,57?,58+,60-,61-,65+,68-,69-,71+/m0/s1. The van der Waals surface area contributed by atoms with Gasteiger partial charge in [0, 0.05) is 89.6 Å². The third-order valence-electron chi connectivity index (χ3n) is 18.5. The first-order valence-corrected chi connectivity index (χ1v) is 34.1. The number of sulfone groups is 1. The Morgan fingerprint density at radius 3 is 1.87 bits per heavy atom. The number of ketones is 4. The fraction of sp³-hybridized carbons (Fsp3) is 0.562. The van der Waals surface area contributed by atoms with Crippen LogP contribution in [0, 0.1) is 55.3 Å². The zero-order valence-corrected chi connectivity index (χ0v) is 56.9. The van der Waals surface area contributed by atoms with Gasteiger partial charge in [-0.15, -0.1) is 0 Å². The highest BCUT2D eigenvalue weighted by Gasteiger charge is 2.44. The average Bonchev–Trinajstić information content (AvgIpc) is 1.83. The molecule has 1 aliphatic heterocycles. The number of amides is 3. The third kappa shape index (κ3) is 21.4. The van der Waals surface area contributed by atoms with E-state index in [9.17, 15) is 51.9 Å². The van der Waals surface area contributed by atoms with Gasteiger partial charge in [0.25, 0.3) is 0 Å². The maximum Gasteiger partial charge on any atom is 0.307 e. The van der Waals surface area contributed by atoms with E-state index in [1.54, 1.807) is 79.3 Å². The molecule has 0 aliphatic carbocycles. The van der Waals surface area contributed by atoms with Crippen LogP contribution in [-0.4, -0.2) is 159 Å². The number of benzene rings is 4. The first kappa shape index (κ1) is 75.0. The lowest BCUT2D eigenvalue weighted by Crippen LogP contribution is -2.54. The second-order valence-corrected chi connectivity index (χ2v) is 27.9. The molecule has 1 N–H and O–H groups in total. The van der Waals surface area contributed by atoms with Crippen molar-refractivity contribution in [3.8, 4) is 0 Å². The van der Waals surface area contributed by atoms with Gasteiger partial charge in [0.1, 0.15) is 5.78 Å². The molecule has 1 unspecified atom stereocenters. The molecule has 0 spiro atoms. The van der Waals surface area contributed by atoms with Crippen LogP contribution in [0.25, 0.3) is 0 Å². The van der Waals surface area contributed by atoms with Crippen LogP contribution >= 0.6 is 0 Å². The Bertz CT molecular complexity index is 3150. The minimum Gasteiger partial charge on any atom is -0.481 e. The highest BCUT2D eigenvalue weighted by atomic mass is 32.2. The zero-order valence-electron chi connectivity index (χ0n) is 56.1. The average molecular weight is 1280 g/mol. The van der Waals surface area contributed by atoms with Crippen molar-refractivity contribution in [1.29, 1.82) is 0 Å². The maximum absolute atomic E-state index is 14.8. The number of carboxylic acids is 1. The number of carbonyl (C=O) groups excluding carboxylic acids is 7. The van der Waals surface area contributed by atoms with Gasteiger partial charge in [0.2, 0.25) is 17.7 Å². The zero-order chi connectivity index (χ0) is 67.3. The molecule has 0 aromatic heterocycles. The number of rotatable bonds is 39. The van der Waals surface area contributed by atoms with Crippen molar-refractivity contribution in [3.63, 3.8) is 0 Å². The van der Waals surface area contributed by atoms with Gasteiger partial charge in [-0.3, -0.25) is 38.4 Å². The number of nitrogens with zero attached hydrogens (tertiary/aromatic N) is 3. The minimum absolute atomic E-state index is 0.0262. The van der Waals surface area contributed by atoms with E-state index in [2.05, 4.69) is 0 Å². The molecule has 0 bridgehead atoms. The Labute approximate surface area is 541 Å². The number of methoxy groups -OCH3 is 2. The maximum atomic E-state index is 14.8. The number of ether oxygens (including phenoxy) is 3. The molecule has 0 saturated carbocycles. The molecular formula is C73H101N3O14S. The van der Waals surface area contributed by atoms with E-state index < -0.39 is 69.8 Å². The minimum atomic E-state index is -3.79. The Morgan fingerprint density at radius 1 is 0.681 bits per heavy atom. The van der Waals surface area contributed by atoms with Gasteiger partial charge in [0.05, 0.1) is 66.3 Å².